The molecule has 3 N–H and O–H groups in total. The highest BCUT2D eigenvalue weighted by Crippen LogP contribution is 2.41. The Bertz CT molecular complexity index is 795. The Morgan fingerprint density at radius 1 is 1.39 bits per heavy atom. The van der Waals surface area contributed by atoms with Crippen molar-refractivity contribution in [2.45, 2.75) is 45.2 Å². The van der Waals surface area contributed by atoms with Crippen LogP contribution >= 0.6 is 22.7 Å². The van der Waals surface area contributed by atoms with E-state index < -0.39 is 0 Å². The van der Waals surface area contributed by atoms with Gasteiger partial charge in [0.2, 0.25) is 0 Å². The van der Waals surface area contributed by atoms with Crippen LogP contribution in [0.4, 0.5) is 5.00 Å². The van der Waals surface area contributed by atoms with E-state index >= 15 is 0 Å². The Morgan fingerprint density at radius 2 is 2.13 bits per heavy atom. The zero-order chi connectivity index (χ0) is 16.8. The minimum atomic E-state index is -0.142. The number of quaternary nitrogens is 1. The summed E-state index contributed by atoms with van der Waals surface area (Å²) >= 11 is 2.94. The van der Waals surface area contributed by atoms with E-state index in [0.717, 1.165) is 12.0 Å². The number of nitrogens with one attached hydrogen (secondary N) is 1. The molecule has 0 fully saturated rings. The molecule has 4 nitrogen and oxygen atoms in total. The highest BCUT2D eigenvalue weighted by molar-refractivity contribution is 7.17. The first-order chi connectivity index (χ1) is 10.7. The first kappa shape index (κ1) is 16.2. The van der Waals surface area contributed by atoms with Gasteiger partial charge in [0.05, 0.1) is 20.9 Å². The van der Waals surface area contributed by atoms with Gasteiger partial charge in [0.15, 0.2) is 0 Å². The molecule has 0 aliphatic carbocycles. The molecule has 0 spiro atoms. The summed E-state index contributed by atoms with van der Waals surface area (Å²) in [4.78, 5) is 14.2. The summed E-state index contributed by atoms with van der Waals surface area (Å²) < 4.78 is 0. The lowest BCUT2D eigenvalue weighted by Gasteiger charge is -2.38. The van der Waals surface area contributed by atoms with Crippen molar-refractivity contribution in [1.29, 1.82) is 5.26 Å². The maximum absolute atomic E-state index is 12.3. The van der Waals surface area contributed by atoms with Gasteiger partial charge in [0.25, 0.3) is 5.91 Å². The lowest BCUT2D eigenvalue weighted by atomic mass is 9.81. The normalized spacial score (nSPS) is 18.0. The largest absolute Gasteiger partial charge is 0.333 e. The Labute approximate surface area is 144 Å². The predicted octanol–water partition coefficient (Wildman–Crippen LogP) is 3.07. The number of rotatable bonds is 2. The first-order valence-corrected chi connectivity index (χ1v) is 9.21. The van der Waals surface area contributed by atoms with E-state index in [0.29, 0.717) is 15.4 Å². The third kappa shape index (κ3) is 2.92. The smallest absolute Gasteiger partial charge is 0.266 e. The van der Waals surface area contributed by atoms with Crippen molar-refractivity contribution in [3.8, 4) is 6.07 Å². The molecule has 0 saturated heterocycles. The van der Waals surface area contributed by atoms with Crippen LogP contribution in [0.3, 0.4) is 0 Å². The summed E-state index contributed by atoms with van der Waals surface area (Å²) in [6.45, 7) is 8.74. The molecule has 0 atom stereocenters. The number of anilines is 1. The molecular weight excluding hydrogens is 326 g/mol. The summed E-state index contributed by atoms with van der Waals surface area (Å²) in [6.07, 6.45) is 0.833. The van der Waals surface area contributed by atoms with Crippen molar-refractivity contribution in [1.82, 2.24) is 0 Å². The Hall–Kier alpha value is -1.68. The summed E-state index contributed by atoms with van der Waals surface area (Å²) in [5.74, 6) is -0.142. The van der Waals surface area contributed by atoms with Crippen LogP contribution in [0, 0.1) is 11.3 Å². The maximum Gasteiger partial charge on any atom is 0.266 e. The fourth-order valence-electron chi connectivity index (χ4n) is 3.48. The monoisotopic (exact) mass is 346 g/mol. The van der Waals surface area contributed by atoms with E-state index in [9.17, 15) is 10.1 Å². The number of hydrogen-bond acceptors (Lipinski definition) is 4. The van der Waals surface area contributed by atoms with Gasteiger partial charge in [-0.3, -0.25) is 4.79 Å². The van der Waals surface area contributed by atoms with Crippen LogP contribution in [0.15, 0.2) is 17.5 Å². The van der Waals surface area contributed by atoms with E-state index in [2.05, 4.69) is 44.4 Å². The van der Waals surface area contributed by atoms with Crippen molar-refractivity contribution in [3.05, 3.63) is 38.4 Å². The van der Waals surface area contributed by atoms with Gasteiger partial charge in [-0.05, 0) is 44.7 Å². The van der Waals surface area contributed by atoms with Gasteiger partial charge in [0, 0.05) is 6.42 Å². The number of amides is 1. The molecule has 0 saturated carbocycles. The number of nitriles is 1. The first-order valence-electron chi connectivity index (χ1n) is 7.52. The topological polar surface area (TPSA) is 69.5 Å². The summed E-state index contributed by atoms with van der Waals surface area (Å²) in [7, 11) is 0. The molecule has 1 aliphatic rings. The SMILES string of the molecule is CC1(C)Cc2c(sc(NC(=O)c3cccs3)c2C#N)C(C)(C)[NH2+]1. The quantitative estimate of drug-likeness (QED) is 0.877. The van der Waals surface area contributed by atoms with Crippen LogP contribution in [0.25, 0.3) is 0 Å². The second kappa shape index (κ2) is 5.45. The van der Waals surface area contributed by atoms with Gasteiger partial charge in [0.1, 0.15) is 16.6 Å². The third-order valence-corrected chi connectivity index (χ3v) is 6.42. The second-order valence-electron chi connectivity index (χ2n) is 7.19. The maximum atomic E-state index is 12.3. The minimum absolute atomic E-state index is 0.0399. The van der Waals surface area contributed by atoms with Crippen molar-refractivity contribution in [2.24, 2.45) is 0 Å². The third-order valence-electron chi connectivity index (χ3n) is 4.06. The van der Waals surface area contributed by atoms with Gasteiger partial charge in [-0.1, -0.05) is 6.07 Å². The van der Waals surface area contributed by atoms with E-state index in [-0.39, 0.29) is 17.0 Å². The molecule has 2 aromatic heterocycles. The number of carbonyl (C=O) groups is 1. The van der Waals surface area contributed by atoms with Crippen molar-refractivity contribution >= 4 is 33.6 Å². The number of carbonyl (C=O) groups excluding carboxylic acids is 1. The number of hydrogen-bond donors (Lipinski definition) is 2. The van der Waals surface area contributed by atoms with E-state index in [1.807, 2.05) is 11.4 Å². The highest BCUT2D eigenvalue weighted by atomic mass is 32.1. The van der Waals surface area contributed by atoms with Crippen LogP contribution in [-0.4, -0.2) is 11.4 Å². The average Bonchev–Trinajstić information content (AvgIpc) is 3.04. The van der Waals surface area contributed by atoms with Crippen LogP contribution < -0.4 is 10.6 Å². The lowest BCUT2D eigenvalue weighted by Crippen LogP contribution is -3.03. The molecule has 0 bridgehead atoms. The average molecular weight is 347 g/mol. The Kier molecular flexibility index (Phi) is 3.83. The fraction of sp³-hybridized carbons (Fsp3) is 0.412. The van der Waals surface area contributed by atoms with Crippen LogP contribution in [0.1, 0.15) is 53.4 Å². The molecule has 0 radical (unpaired) electrons. The molecule has 1 aliphatic heterocycles. The number of nitrogens with two attached hydrogens (primary N) is 1. The summed E-state index contributed by atoms with van der Waals surface area (Å²) in [6, 6.07) is 5.96. The standard InChI is InChI=1S/C17H19N3OS2/c1-16(2)8-10-11(9-18)15(23-13(10)17(3,4)20-16)19-14(21)12-6-5-7-22-12/h5-7,20H,8H2,1-4H3,(H,19,21)/p+1. The molecule has 2 aromatic rings. The molecule has 0 unspecified atom stereocenters. The summed E-state index contributed by atoms with van der Waals surface area (Å²) in [5, 5.41) is 17.5. The van der Waals surface area contributed by atoms with Gasteiger partial charge in [-0.15, -0.1) is 22.7 Å². The Balaban J connectivity index is 2.03. The Morgan fingerprint density at radius 3 is 2.74 bits per heavy atom. The van der Waals surface area contributed by atoms with Gasteiger partial charge < -0.3 is 10.6 Å². The molecule has 120 valence electrons. The van der Waals surface area contributed by atoms with Gasteiger partial charge >= 0.3 is 0 Å². The van der Waals surface area contributed by atoms with E-state index in [1.54, 1.807) is 6.07 Å². The molecule has 3 heterocycles. The lowest BCUT2D eigenvalue weighted by molar-refractivity contribution is -0.789. The fourth-order valence-corrected chi connectivity index (χ4v) is 5.34. The molecular formula is C17H20N3OS2+. The van der Waals surface area contributed by atoms with Gasteiger partial charge in [-0.25, -0.2) is 0 Å². The number of nitrogens with zero attached hydrogens (tertiary/aromatic N) is 1. The number of fused-ring (bicyclic) bond motifs is 1. The molecule has 0 aromatic carbocycles. The van der Waals surface area contributed by atoms with E-state index in [4.69, 9.17) is 0 Å². The molecule has 6 heteroatoms. The minimum Gasteiger partial charge on any atom is -0.333 e. The van der Waals surface area contributed by atoms with Crippen molar-refractivity contribution in [2.75, 3.05) is 5.32 Å². The molecule has 3 rings (SSSR count). The zero-order valence-corrected chi connectivity index (χ0v) is 15.3. The van der Waals surface area contributed by atoms with Crippen LogP contribution in [-0.2, 0) is 12.0 Å². The predicted molar refractivity (Wildman–Crippen MR) is 94.0 cm³/mol. The number of thiophene rings is 2. The zero-order valence-electron chi connectivity index (χ0n) is 13.7. The highest BCUT2D eigenvalue weighted by Gasteiger charge is 2.44. The molecule has 23 heavy (non-hydrogen) atoms. The second-order valence-corrected chi connectivity index (χ2v) is 9.16. The van der Waals surface area contributed by atoms with Crippen LogP contribution in [0.2, 0.25) is 0 Å². The van der Waals surface area contributed by atoms with Crippen molar-refractivity contribution in [3.63, 3.8) is 0 Å². The van der Waals surface area contributed by atoms with E-state index in [1.165, 1.54) is 27.6 Å². The van der Waals surface area contributed by atoms with Crippen LogP contribution in [0.5, 0.6) is 0 Å². The molecule has 1 amide bonds. The van der Waals surface area contributed by atoms with Gasteiger partial charge in [-0.2, -0.15) is 5.26 Å². The summed E-state index contributed by atoms with van der Waals surface area (Å²) in [5.41, 5.74) is 1.66. The van der Waals surface area contributed by atoms with Crippen molar-refractivity contribution < 1.29 is 10.1 Å².